The van der Waals surface area contributed by atoms with Crippen LogP contribution in [0.5, 0.6) is 0 Å². The summed E-state index contributed by atoms with van der Waals surface area (Å²) in [4.78, 5) is 4.37. The molecule has 0 spiro atoms. The van der Waals surface area contributed by atoms with Crippen molar-refractivity contribution >= 4 is 23.0 Å². The topological polar surface area (TPSA) is 36.3 Å². The first-order valence-electron chi connectivity index (χ1n) is 8.72. The molecule has 0 unspecified atom stereocenters. The van der Waals surface area contributed by atoms with E-state index in [1.54, 1.807) is 0 Å². The summed E-state index contributed by atoms with van der Waals surface area (Å²) in [5.41, 5.74) is 2.51. The molecule has 1 aromatic heterocycles. The molecule has 3 rings (SSSR count). The van der Waals surface area contributed by atoms with Gasteiger partial charge in [0, 0.05) is 57.1 Å². The van der Waals surface area contributed by atoms with Crippen LogP contribution in [-0.4, -0.2) is 50.9 Å². The monoisotopic (exact) mass is 379 g/mol. The van der Waals surface area contributed by atoms with Gasteiger partial charge >= 0.3 is 0 Å². The van der Waals surface area contributed by atoms with Crippen LogP contribution in [0, 0.1) is 18.6 Å². The van der Waals surface area contributed by atoms with Crippen LogP contribution in [0.15, 0.2) is 24.4 Å². The molecule has 2 heterocycles. The zero-order valence-electron chi connectivity index (χ0n) is 15.0. The first-order valence-corrected chi connectivity index (χ1v) is 9.13. The molecular formula is C18H23F2N5S. The van der Waals surface area contributed by atoms with Crippen molar-refractivity contribution in [1.82, 2.24) is 19.6 Å². The van der Waals surface area contributed by atoms with E-state index >= 15 is 0 Å². The van der Waals surface area contributed by atoms with Gasteiger partial charge in [-0.05, 0) is 38.2 Å². The largest absolute Gasteiger partial charge is 0.346 e. The molecule has 1 aliphatic rings. The summed E-state index contributed by atoms with van der Waals surface area (Å²) in [6.07, 6.45) is 2.10. The quantitative estimate of drug-likeness (QED) is 0.827. The molecule has 1 N–H and O–H groups in total. The second kappa shape index (κ2) is 8.09. The second-order valence-corrected chi connectivity index (χ2v) is 6.80. The molecule has 5 nitrogen and oxygen atoms in total. The van der Waals surface area contributed by atoms with Gasteiger partial charge in [0.1, 0.15) is 11.6 Å². The van der Waals surface area contributed by atoms with Crippen molar-refractivity contribution in [1.29, 1.82) is 0 Å². The lowest BCUT2D eigenvalue weighted by Crippen LogP contribution is -2.49. The molecule has 1 fully saturated rings. The van der Waals surface area contributed by atoms with Crippen molar-refractivity contribution in [2.45, 2.75) is 26.9 Å². The van der Waals surface area contributed by atoms with Crippen molar-refractivity contribution in [2.75, 3.05) is 31.5 Å². The van der Waals surface area contributed by atoms with Crippen LogP contribution < -0.4 is 5.32 Å². The van der Waals surface area contributed by atoms with Crippen LogP contribution in [0.1, 0.15) is 18.2 Å². The minimum absolute atomic E-state index is 0.196. The van der Waals surface area contributed by atoms with E-state index in [1.807, 2.05) is 16.5 Å². The Hall–Kier alpha value is -2.06. The molecule has 0 atom stereocenters. The fourth-order valence-corrected chi connectivity index (χ4v) is 3.30. The van der Waals surface area contributed by atoms with Crippen molar-refractivity contribution in [2.24, 2.45) is 0 Å². The Balaban J connectivity index is 1.52. The fourth-order valence-electron chi connectivity index (χ4n) is 3.01. The standard InChI is InChI=1S/C18H23F2N5S/c1-3-25-12-14(13(2)22-25)11-23-6-8-24(9-7-23)18(26)21-17-5-4-15(19)10-16(17)20/h4-5,10,12H,3,6-9,11H2,1-2H3,(H,21,26). The van der Waals surface area contributed by atoms with Gasteiger partial charge in [0.05, 0.1) is 11.4 Å². The Labute approximate surface area is 157 Å². The number of nitrogens with one attached hydrogen (secondary N) is 1. The number of piperazine rings is 1. The van der Waals surface area contributed by atoms with E-state index in [9.17, 15) is 8.78 Å². The van der Waals surface area contributed by atoms with Crippen LogP contribution in [0.4, 0.5) is 14.5 Å². The van der Waals surface area contributed by atoms with E-state index in [0.717, 1.165) is 51.0 Å². The van der Waals surface area contributed by atoms with Crippen LogP contribution in [0.3, 0.4) is 0 Å². The van der Waals surface area contributed by atoms with Crippen LogP contribution in [-0.2, 0) is 13.1 Å². The maximum Gasteiger partial charge on any atom is 0.173 e. The number of aromatic nitrogens is 2. The summed E-state index contributed by atoms with van der Waals surface area (Å²) in [5.74, 6) is -1.25. The molecule has 2 aromatic rings. The predicted molar refractivity (Wildman–Crippen MR) is 102 cm³/mol. The molecule has 0 amide bonds. The third-order valence-electron chi connectivity index (χ3n) is 4.60. The molecule has 140 valence electrons. The highest BCUT2D eigenvalue weighted by atomic mass is 32.1. The van der Waals surface area contributed by atoms with Crippen molar-refractivity contribution in [3.8, 4) is 0 Å². The van der Waals surface area contributed by atoms with Gasteiger partial charge in [0.2, 0.25) is 0 Å². The van der Waals surface area contributed by atoms with Crippen LogP contribution in [0.25, 0.3) is 0 Å². The highest BCUT2D eigenvalue weighted by Gasteiger charge is 2.20. The Morgan fingerprint density at radius 3 is 2.58 bits per heavy atom. The SMILES string of the molecule is CCn1cc(CN2CCN(C(=S)Nc3ccc(F)cc3F)CC2)c(C)n1. The zero-order chi connectivity index (χ0) is 18.7. The highest BCUT2D eigenvalue weighted by Crippen LogP contribution is 2.17. The van der Waals surface area contributed by atoms with E-state index in [-0.39, 0.29) is 5.69 Å². The Bertz CT molecular complexity index is 784. The van der Waals surface area contributed by atoms with E-state index in [2.05, 4.69) is 28.4 Å². The van der Waals surface area contributed by atoms with Gasteiger partial charge in [0.25, 0.3) is 0 Å². The number of aryl methyl sites for hydroxylation is 2. The molecule has 0 bridgehead atoms. The van der Waals surface area contributed by atoms with E-state index < -0.39 is 11.6 Å². The minimum atomic E-state index is -0.644. The average Bonchev–Trinajstić information content (AvgIpc) is 2.98. The Morgan fingerprint density at radius 1 is 1.23 bits per heavy atom. The number of nitrogens with zero attached hydrogens (tertiary/aromatic N) is 4. The van der Waals surface area contributed by atoms with Gasteiger partial charge in [-0.1, -0.05) is 0 Å². The number of benzene rings is 1. The zero-order valence-corrected chi connectivity index (χ0v) is 15.8. The second-order valence-electron chi connectivity index (χ2n) is 6.41. The number of halogens is 2. The van der Waals surface area contributed by atoms with Gasteiger partial charge in [-0.3, -0.25) is 9.58 Å². The lowest BCUT2D eigenvalue weighted by atomic mass is 10.2. The van der Waals surface area contributed by atoms with E-state index in [1.165, 1.54) is 17.7 Å². The molecule has 0 radical (unpaired) electrons. The summed E-state index contributed by atoms with van der Waals surface area (Å²) in [7, 11) is 0. The van der Waals surface area contributed by atoms with Gasteiger partial charge in [-0.25, -0.2) is 8.78 Å². The first kappa shape index (κ1) is 18.7. The summed E-state index contributed by atoms with van der Waals surface area (Å²) >= 11 is 5.38. The normalized spacial score (nSPS) is 15.3. The summed E-state index contributed by atoms with van der Waals surface area (Å²) in [6.45, 7) is 9.10. The first-order chi connectivity index (χ1) is 12.5. The third-order valence-corrected chi connectivity index (χ3v) is 4.96. The Kier molecular flexibility index (Phi) is 5.83. The number of thiocarbonyl (C=S) groups is 1. The van der Waals surface area contributed by atoms with Gasteiger partial charge < -0.3 is 10.2 Å². The molecule has 0 aliphatic carbocycles. The molecule has 8 heteroatoms. The maximum absolute atomic E-state index is 13.8. The van der Waals surface area contributed by atoms with Crippen molar-refractivity contribution in [3.63, 3.8) is 0 Å². The van der Waals surface area contributed by atoms with E-state index in [0.29, 0.717) is 5.11 Å². The molecule has 1 aromatic carbocycles. The van der Waals surface area contributed by atoms with E-state index in [4.69, 9.17) is 12.2 Å². The predicted octanol–water partition coefficient (Wildman–Crippen LogP) is 3.00. The molecule has 26 heavy (non-hydrogen) atoms. The fraction of sp³-hybridized carbons (Fsp3) is 0.444. The third kappa shape index (κ3) is 4.37. The summed E-state index contributed by atoms with van der Waals surface area (Å²) in [6, 6.07) is 3.42. The maximum atomic E-state index is 13.8. The number of rotatable bonds is 4. The molecule has 1 aliphatic heterocycles. The van der Waals surface area contributed by atoms with Gasteiger partial charge in [-0.2, -0.15) is 5.10 Å². The van der Waals surface area contributed by atoms with Gasteiger partial charge in [0.15, 0.2) is 5.11 Å². The molecule has 0 saturated carbocycles. The number of hydrogen-bond acceptors (Lipinski definition) is 3. The summed E-state index contributed by atoms with van der Waals surface area (Å²) < 4.78 is 28.7. The average molecular weight is 379 g/mol. The lowest BCUT2D eigenvalue weighted by molar-refractivity contribution is 0.176. The highest BCUT2D eigenvalue weighted by molar-refractivity contribution is 7.80. The number of anilines is 1. The molecule has 1 saturated heterocycles. The Morgan fingerprint density at radius 2 is 1.96 bits per heavy atom. The summed E-state index contributed by atoms with van der Waals surface area (Å²) in [5, 5.41) is 7.82. The molecular weight excluding hydrogens is 356 g/mol. The smallest absolute Gasteiger partial charge is 0.173 e. The van der Waals surface area contributed by atoms with Gasteiger partial charge in [-0.15, -0.1) is 0 Å². The lowest BCUT2D eigenvalue weighted by Gasteiger charge is -2.36. The van der Waals surface area contributed by atoms with Crippen molar-refractivity contribution < 1.29 is 8.78 Å². The minimum Gasteiger partial charge on any atom is -0.346 e. The van der Waals surface area contributed by atoms with Crippen LogP contribution >= 0.6 is 12.2 Å². The number of hydrogen-bond donors (Lipinski definition) is 1. The van der Waals surface area contributed by atoms with Crippen LogP contribution in [0.2, 0.25) is 0 Å². The van der Waals surface area contributed by atoms with Crippen molar-refractivity contribution in [3.05, 3.63) is 47.3 Å².